The van der Waals surface area contributed by atoms with Gasteiger partial charge in [0.05, 0.1) is 0 Å². The Labute approximate surface area is 145 Å². The van der Waals surface area contributed by atoms with Crippen molar-refractivity contribution in [2.75, 3.05) is 19.7 Å². The highest BCUT2D eigenvalue weighted by Gasteiger charge is 2.12. The van der Waals surface area contributed by atoms with Crippen LogP contribution in [0.4, 0.5) is 0 Å². The van der Waals surface area contributed by atoms with Gasteiger partial charge in [-0.2, -0.15) is 0 Å². The van der Waals surface area contributed by atoms with Crippen LogP contribution < -0.4 is 0 Å². The topological polar surface area (TPSA) is 32.3 Å². The smallest absolute Gasteiger partial charge is 0.107 e. The van der Waals surface area contributed by atoms with Gasteiger partial charge in [0, 0.05) is 0 Å². The van der Waals surface area contributed by atoms with Gasteiger partial charge in [0.2, 0.25) is 0 Å². The lowest BCUT2D eigenvalue weighted by Gasteiger charge is -2.36. The number of unbranched alkanes of at least 4 members (excludes halogenated alkanes) is 13. The fraction of sp³-hybridized carbons (Fsp3) is 1.00. The van der Waals surface area contributed by atoms with Gasteiger partial charge in [-0.05, 0) is 20.3 Å². The summed E-state index contributed by atoms with van der Waals surface area (Å²) < 4.78 is 0. The Morgan fingerprint density at radius 1 is 0.565 bits per heavy atom. The fourth-order valence-electron chi connectivity index (χ4n) is 2.93. The molecule has 0 amide bonds. The molecule has 0 bridgehead atoms. The lowest BCUT2D eigenvalue weighted by molar-refractivity contribution is -1.07. The molecule has 3 heteroatoms. The molecule has 0 spiro atoms. The first-order valence-electron chi connectivity index (χ1n) is 10.4. The number of hydroxylamine groups is 4. The third-order valence-electron chi connectivity index (χ3n) is 4.79. The summed E-state index contributed by atoms with van der Waals surface area (Å²) in [4.78, 5) is 4.93. The Kier molecular flexibility index (Phi) is 16.6. The number of hydrogen-bond donors (Lipinski definition) is 0. The van der Waals surface area contributed by atoms with Gasteiger partial charge in [0.1, 0.15) is 19.7 Å². The summed E-state index contributed by atoms with van der Waals surface area (Å²) in [5.41, 5.74) is 0. The summed E-state index contributed by atoms with van der Waals surface area (Å²) in [6, 6.07) is 0. The summed E-state index contributed by atoms with van der Waals surface area (Å²) >= 11 is 0. The second kappa shape index (κ2) is 16.7. The highest BCUT2D eigenvalue weighted by atomic mass is 16.9. The molecule has 0 aliphatic heterocycles. The van der Waals surface area contributed by atoms with Crippen molar-refractivity contribution in [1.29, 1.82) is 0 Å². The van der Waals surface area contributed by atoms with Gasteiger partial charge < -0.3 is 5.21 Å². The molecule has 0 aliphatic carbocycles. The molecule has 0 aromatic heterocycles. The fourth-order valence-corrected chi connectivity index (χ4v) is 2.93. The number of rotatable bonds is 18. The molecule has 23 heavy (non-hydrogen) atoms. The van der Waals surface area contributed by atoms with E-state index < -0.39 is 4.81 Å². The van der Waals surface area contributed by atoms with E-state index in [1.165, 1.54) is 83.5 Å². The van der Waals surface area contributed by atoms with Gasteiger partial charge in [-0.1, -0.05) is 90.4 Å². The third kappa shape index (κ3) is 15.2. The van der Waals surface area contributed by atoms with Crippen LogP contribution in [0.15, 0.2) is 0 Å². The molecular weight excluding hydrogens is 286 g/mol. The normalized spacial score (nSPS) is 12.0. The second-order valence-electron chi connectivity index (χ2n) is 6.88. The Morgan fingerprint density at radius 2 is 0.913 bits per heavy atom. The molecule has 0 rings (SSSR count). The van der Waals surface area contributed by atoms with Gasteiger partial charge in [0.15, 0.2) is 0 Å². The van der Waals surface area contributed by atoms with E-state index in [0.717, 1.165) is 6.42 Å². The number of quaternary nitrogens is 1. The van der Waals surface area contributed by atoms with E-state index in [1.807, 2.05) is 13.8 Å². The Hall–Kier alpha value is -0.120. The Balaban J connectivity index is 3.14. The standard InChI is InChI=1S/C20H43NO2/c1-4-7-8-9-10-11-12-13-14-15-16-17-18-19-20-23-21(22,5-2)6-3/h4-20H2,1-3H3. The maximum atomic E-state index is 11.9. The van der Waals surface area contributed by atoms with Gasteiger partial charge in [-0.3, -0.25) is 0 Å². The van der Waals surface area contributed by atoms with Gasteiger partial charge in [-0.25, -0.2) is 9.65 Å². The van der Waals surface area contributed by atoms with Crippen molar-refractivity contribution in [1.82, 2.24) is 0 Å². The third-order valence-corrected chi connectivity index (χ3v) is 4.79. The van der Waals surface area contributed by atoms with Crippen molar-refractivity contribution in [3.05, 3.63) is 5.21 Å². The van der Waals surface area contributed by atoms with E-state index in [1.54, 1.807) is 0 Å². The average Bonchev–Trinajstić information content (AvgIpc) is 2.58. The molecule has 0 unspecified atom stereocenters. The molecule has 0 N–H and O–H groups in total. The first-order valence-corrected chi connectivity index (χ1v) is 10.4. The van der Waals surface area contributed by atoms with Crippen molar-refractivity contribution in [2.24, 2.45) is 0 Å². The highest BCUT2D eigenvalue weighted by Crippen LogP contribution is 2.13. The molecule has 0 aromatic rings. The molecule has 0 saturated carbocycles. The molecule has 3 nitrogen and oxygen atoms in total. The van der Waals surface area contributed by atoms with E-state index >= 15 is 0 Å². The van der Waals surface area contributed by atoms with Gasteiger partial charge in [-0.15, -0.1) is 0 Å². The minimum absolute atomic E-state index is 0.488. The largest absolute Gasteiger partial charge is 0.598 e. The van der Waals surface area contributed by atoms with Crippen LogP contribution >= 0.6 is 0 Å². The van der Waals surface area contributed by atoms with Gasteiger partial charge in [0.25, 0.3) is 0 Å². The zero-order valence-electron chi connectivity index (χ0n) is 16.3. The van der Waals surface area contributed by atoms with Crippen LogP contribution in [-0.4, -0.2) is 24.5 Å². The second-order valence-corrected chi connectivity index (χ2v) is 6.88. The van der Waals surface area contributed by atoms with Gasteiger partial charge >= 0.3 is 0 Å². The first-order chi connectivity index (χ1) is 11.2. The minimum Gasteiger partial charge on any atom is -0.598 e. The van der Waals surface area contributed by atoms with Crippen molar-refractivity contribution in [3.63, 3.8) is 0 Å². The van der Waals surface area contributed by atoms with Crippen LogP contribution in [0.5, 0.6) is 0 Å². The quantitative estimate of drug-likeness (QED) is 0.158. The Bertz CT molecular complexity index is 230. The Morgan fingerprint density at radius 3 is 1.26 bits per heavy atom. The van der Waals surface area contributed by atoms with E-state index in [2.05, 4.69) is 6.92 Å². The predicted octanol–water partition coefficient (Wildman–Crippen LogP) is 6.75. The van der Waals surface area contributed by atoms with E-state index in [-0.39, 0.29) is 0 Å². The van der Waals surface area contributed by atoms with E-state index in [9.17, 15) is 5.21 Å². The van der Waals surface area contributed by atoms with Crippen LogP contribution in [-0.2, 0) is 4.84 Å². The molecule has 0 heterocycles. The molecule has 0 aliphatic rings. The van der Waals surface area contributed by atoms with Crippen LogP contribution in [0.1, 0.15) is 111 Å². The average molecular weight is 330 g/mol. The predicted molar refractivity (Wildman–Crippen MR) is 101 cm³/mol. The molecule has 0 atom stereocenters. The minimum atomic E-state index is -0.488. The lowest BCUT2D eigenvalue weighted by atomic mass is 10.0. The van der Waals surface area contributed by atoms with Crippen LogP contribution in [0, 0.1) is 5.21 Å². The molecule has 0 saturated heterocycles. The summed E-state index contributed by atoms with van der Waals surface area (Å²) in [6.07, 6.45) is 19.0. The van der Waals surface area contributed by atoms with Crippen molar-refractivity contribution in [2.45, 2.75) is 111 Å². The van der Waals surface area contributed by atoms with Crippen molar-refractivity contribution < 1.29 is 9.65 Å². The van der Waals surface area contributed by atoms with E-state index in [4.69, 9.17) is 4.84 Å². The maximum Gasteiger partial charge on any atom is 0.107 e. The monoisotopic (exact) mass is 329 g/mol. The summed E-state index contributed by atoms with van der Waals surface area (Å²) in [6.45, 7) is 7.69. The van der Waals surface area contributed by atoms with Crippen LogP contribution in [0.25, 0.3) is 0 Å². The molecular formula is C20H43NO2. The van der Waals surface area contributed by atoms with E-state index in [0.29, 0.717) is 19.7 Å². The zero-order valence-corrected chi connectivity index (χ0v) is 16.3. The summed E-state index contributed by atoms with van der Waals surface area (Å²) in [5, 5.41) is 11.9. The maximum absolute atomic E-state index is 11.9. The number of nitrogens with zero attached hydrogens (tertiary/aromatic N) is 1. The molecule has 140 valence electrons. The van der Waals surface area contributed by atoms with Crippen molar-refractivity contribution in [3.8, 4) is 0 Å². The summed E-state index contributed by atoms with van der Waals surface area (Å²) in [7, 11) is 0. The van der Waals surface area contributed by atoms with Crippen LogP contribution in [0.2, 0.25) is 0 Å². The number of hydrogen-bond acceptors (Lipinski definition) is 2. The SMILES string of the molecule is CCCCCCCCCCCCCCCCO[N+]([O-])(CC)CC. The molecule has 0 aromatic carbocycles. The zero-order chi connectivity index (χ0) is 17.2. The molecule has 0 fully saturated rings. The van der Waals surface area contributed by atoms with Crippen molar-refractivity contribution >= 4 is 0 Å². The lowest BCUT2D eigenvalue weighted by Crippen LogP contribution is -2.41. The summed E-state index contributed by atoms with van der Waals surface area (Å²) in [5.74, 6) is 0. The molecule has 0 radical (unpaired) electrons. The highest BCUT2D eigenvalue weighted by molar-refractivity contribution is 4.49. The van der Waals surface area contributed by atoms with Crippen LogP contribution in [0.3, 0.4) is 0 Å². The first kappa shape index (κ1) is 22.9.